The molecule has 4 heterocycles. The molecule has 45 heavy (non-hydrogen) atoms. The maximum atomic E-state index is 13.8. The summed E-state index contributed by atoms with van der Waals surface area (Å²) >= 11 is 1.54. The SMILES string of the molecule is CC(C)(C)OC(=O)N1CCC(n2cc(-c3cnc(-c4cccc(Cn5nc(-c6cc(F)cc(F)c6)ccc5=O)c4)s3)cn2)CC1. The van der Waals surface area contributed by atoms with E-state index in [0.29, 0.717) is 18.8 Å². The third-order valence-corrected chi connectivity index (χ3v) is 8.51. The number of nitrogens with zero attached hydrogens (tertiary/aromatic N) is 6. The number of halogens is 2. The summed E-state index contributed by atoms with van der Waals surface area (Å²) in [4.78, 5) is 32.4. The summed E-state index contributed by atoms with van der Waals surface area (Å²) in [5.74, 6) is -1.43. The molecular weight excluding hydrogens is 598 g/mol. The molecule has 0 unspecified atom stereocenters. The first-order valence-corrected chi connectivity index (χ1v) is 15.4. The molecule has 1 saturated heterocycles. The Kier molecular flexibility index (Phi) is 8.32. The fourth-order valence-electron chi connectivity index (χ4n) is 5.24. The first-order chi connectivity index (χ1) is 21.5. The van der Waals surface area contributed by atoms with Gasteiger partial charge in [-0.1, -0.05) is 18.2 Å². The molecule has 1 amide bonds. The fourth-order valence-corrected chi connectivity index (χ4v) is 6.13. The van der Waals surface area contributed by atoms with Crippen molar-refractivity contribution in [1.82, 2.24) is 29.4 Å². The van der Waals surface area contributed by atoms with Crippen molar-refractivity contribution in [2.45, 2.75) is 51.8 Å². The van der Waals surface area contributed by atoms with Crippen molar-refractivity contribution < 1.29 is 18.3 Å². The Bertz CT molecular complexity index is 1880. The lowest BCUT2D eigenvalue weighted by Gasteiger charge is -2.33. The minimum absolute atomic E-state index is 0.177. The summed E-state index contributed by atoms with van der Waals surface area (Å²) in [6, 6.07) is 13.8. The molecule has 9 nitrogen and oxygen atoms in total. The van der Waals surface area contributed by atoms with E-state index in [1.165, 1.54) is 28.9 Å². The zero-order valence-electron chi connectivity index (χ0n) is 25.1. The molecular formula is C33H32F2N6O3S. The molecule has 0 N–H and O–H groups in total. The van der Waals surface area contributed by atoms with Gasteiger partial charge in [0.2, 0.25) is 0 Å². The van der Waals surface area contributed by atoms with Crippen molar-refractivity contribution in [2.75, 3.05) is 13.1 Å². The van der Waals surface area contributed by atoms with Crippen LogP contribution in [0, 0.1) is 11.6 Å². The first-order valence-electron chi connectivity index (χ1n) is 14.6. The van der Waals surface area contributed by atoms with Gasteiger partial charge in [0, 0.05) is 54.3 Å². The predicted molar refractivity (Wildman–Crippen MR) is 168 cm³/mol. The lowest BCUT2D eigenvalue weighted by molar-refractivity contribution is 0.0184. The van der Waals surface area contributed by atoms with Gasteiger partial charge in [-0.2, -0.15) is 10.2 Å². The monoisotopic (exact) mass is 630 g/mol. The van der Waals surface area contributed by atoms with Gasteiger partial charge in [-0.25, -0.2) is 23.2 Å². The van der Waals surface area contributed by atoms with Crippen LogP contribution in [0.5, 0.6) is 0 Å². The van der Waals surface area contributed by atoms with Crippen molar-refractivity contribution >= 4 is 17.4 Å². The molecule has 1 aliphatic heterocycles. The first kappa shape index (κ1) is 30.3. The number of thiazole rings is 1. The highest BCUT2D eigenvalue weighted by Crippen LogP contribution is 2.33. The van der Waals surface area contributed by atoms with Crippen LogP contribution < -0.4 is 5.56 Å². The summed E-state index contributed by atoms with van der Waals surface area (Å²) in [6.45, 7) is 7.01. The van der Waals surface area contributed by atoms with E-state index in [9.17, 15) is 18.4 Å². The predicted octanol–water partition coefficient (Wildman–Crippen LogP) is 6.80. The van der Waals surface area contributed by atoms with Crippen molar-refractivity contribution in [3.05, 3.63) is 101 Å². The molecule has 0 spiro atoms. The van der Waals surface area contributed by atoms with E-state index in [1.54, 1.807) is 16.2 Å². The molecule has 1 aliphatic rings. The Balaban J connectivity index is 1.13. The van der Waals surface area contributed by atoms with Gasteiger partial charge in [-0.3, -0.25) is 9.48 Å². The third-order valence-electron chi connectivity index (χ3n) is 7.41. The topological polar surface area (TPSA) is 95.1 Å². The van der Waals surface area contributed by atoms with Gasteiger partial charge >= 0.3 is 6.09 Å². The number of likely N-dealkylation sites (tertiary alicyclic amines) is 1. The van der Waals surface area contributed by atoms with Crippen molar-refractivity contribution in [3.8, 4) is 32.3 Å². The van der Waals surface area contributed by atoms with Gasteiger partial charge in [0.1, 0.15) is 22.2 Å². The van der Waals surface area contributed by atoms with E-state index in [1.807, 2.05) is 68.3 Å². The summed E-state index contributed by atoms with van der Waals surface area (Å²) < 4.78 is 36.3. The molecule has 12 heteroatoms. The highest BCUT2D eigenvalue weighted by Gasteiger charge is 2.28. The van der Waals surface area contributed by atoms with Crippen LogP contribution in [0.15, 0.2) is 78.0 Å². The normalized spacial score (nSPS) is 14.1. The number of ether oxygens (including phenoxy) is 1. The van der Waals surface area contributed by atoms with E-state index in [4.69, 9.17) is 4.74 Å². The number of carbonyl (C=O) groups excluding carboxylic acids is 1. The second-order valence-electron chi connectivity index (χ2n) is 12.0. The van der Waals surface area contributed by atoms with Crippen LogP contribution in [0.2, 0.25) is 0 Å². The Morgan fingerprint density at radius 3 is 2.47 bits per heavy atom. The van der Waals surface area contributed by atoms with Gasteiger partial charge in [-0.05, 0) is 63.4 Å². The van der Waals surface area contributed by atoms with Gasteiger partial charge in [0.15, 0.2) is 0 Å². The molecule has 0 atom stereocenters. The highest BCUT2D eigenvalue weighted by atomic mass is 32.1. The van der Waals surface area contributed by atoms with Crippen LogP contribution in [0.25, 0.3) is 32.3 Å². The number of piperidine rings is 1. The number of benzene rings is 2. The molecule has 5 aromatic rings. The van der Waals surface area contributed by atoms with Gasteiger partial charge in [0.05, 0.1) is 29.4 Å². The van der Waals surface area contributed by atoms with Crippen LogP contribution in [-0.2, 0) is 11.3 Å². The Morgan fingerprint density at radius 1 is 0.978 bits per heavy atom. The lowest BCUT2D eigenvalue weighted by Crippen LogP contribution is -2.42. The van der Waals surface area contributed by atoms with Gasteiger partial charge in [-0.15, -0.1) is 11.3 Å². The summed E-state index contributed by atoms with van der Waals surface area (Å²) in [5, 5.41) is 9.79. The molecule has 2 aromatic carbocycles. The largest absolute Gasteiger partial charge is 0.444 e. The number of hydrogen-bond donors (Lipinski definition) is 0. The average Bonchev–Trinajstić information content (AvgIpc) is 3.68. The summed E-state index contributed by atoms with van der Waals surface area (Å²) in [6.07, 6.45) is 7.00. The molecule has 232 valence electrons. The Hall–Kier alpha value is -4.71. The molecule has 0 saturated carbocycles. The Morgan fingerprint density at radius 2 is 1.73 bits per heavy atom. The van der Waals surface area contributed by atoms with Crippen molar-refractivity contribution in [3.63, 3.8) is 0 Å². The van der Waals surface area contributed by atoms with E-state index in [0.717, 1.165) is 45.5 Å². The number of carbonyl (C=O) groups is 1. The van der Waals surface area contributed by atoms with Crippen LogP contribution >= 0.6 is 11.3 Å². The van der Waals surface area contributed by atoms with Crippen molar-refractivity contribution in [2.24, 2.45) is 0 Å². The van der Waals surface area contributed by atoms with Gasteiger partial charge in [0.25, 0.3) is 5.56 Å². The number of rotatable bonds is 6. The minimum Gasteiger partial charge on any atom is -0.444 e. The third kappa shape index (κ3) is 7.17. The number of amides is 1. The molecule has 6 rings (SSSR count). The summed E-state index contributed by atoms with van der Waals surface area (Å²) in [7, 11) is 0. The zero-order chi connectivity index (χ0) is 31.7. The van der Waals surface area contributed by atoms with E-state index in [-0.39, 0.29) is 29.8 Å². The van der Waals surface area contributed by atoms with Crippen LogP contribution in [0.3, 0.4) is 0 Å². The summed E-state index contributed by atoms with van der Waals surface area (Å²) in [5.41, 5.74) is 2.38. The Labute approximate surface area is 262 Å². The second-order valence-corrected chi connectivity index (χ2v) is 13.0. The fraction of sp³-hybridized carbons (Fsp3) is 0.303. The van der Waals surface area contributed by atoms with Crippen molar-refractivity contribution in [1.29, 1.82) is 0 Å². The maximum Gasteiger partial charge on any atom is 0.410 e. The average molecular weight is 631 g/mol. The second kappa shape index (κ2) is 12.4. The highest BCUT2D eigenvalue weighted by molar-refractivity contribution is 7.18. The molecule has 0 aliphatic carbocycles. The van der Waals surface area contributed by atoms with Gasteiger partial charge < -0.3 is 9.64 Å². The standard InChI is InChI=1S/C33H32F2N6O3S/c1-33(2,3)44-32(43)39-11-9-27(10-12-39)40-20-24(17-37-40)29-18-36-31(45-29)22-6-4-5-21(13-22)19-41-30(42)8-7-28(38-41)23-14-25(34)16-26(35)15-23/h4-8,13-18,20,27H,9-12,19H2,1-3H3. The van der Waals surface area contributed by atoms with Crippen LogP contribution in [0.1, 0.15) is 45.2 Å². The lowest BCUT2D eigenvalue weighted by atomic mass is 10.1. The van der Waals surface area contributed by atoms with Crippen LogP contribution in [0.4, 0.5) is 13.6 Å². The minimum atomic E-state index is -0.715. The number of hydrogen-bond acceptors (Lipinski definition) is 7. The molecule has 0 bridgehead atoms. The number of aromatic nitrogens is 5. The zero-order valence-corrected chi connectivity index (χ0v) is 25.9. The van der Waals surface area contributed by atoms with E-state index >= 15 is 0 Å². The molecule has 0 radical (unpaired) electrons. The van der Waals surface area contributed by atoms with E-state index in [2.05, 4.69) is 15.2 Å². The van der Waals surface area contributed by atoms with Crippen LogP contribution in [-0.4, -0.2) is 54.2 Å². The van der Waals surface area contributed by atoms with E-state index < -0.39 is 17.2 Å². The smallest absolute Gasteiger partial charge is 0.410 e. The molecule has 1 fully saturated rings. The quantitative estimate of drug-likeness (QED) is 0.205. The molecule has 3 aromatic heterocycles. The maximum absolute atomic E-state index is 13.8.